The Morgan fingerprint density at radius 1 is 0.340 bits per heavy atom. The van der Waals surface area contributed by atoms with Gasteiger partial charge in [-0.25, -0.2) is 15.0 Å². The minimum absolute atomic E-state index is 0.625. The minimum atomic E-state index is 0.625. The molecule has 0 bridgehead atoms. The number of para-hydroxylation sites is 1. The van der Waals surface area contributed by atoms with Crippen molar-refractivity contribution in [1.29, 1.82) is 0 Å². The van der Waals surface area contributed by atoms with Crippen molar-refractivity contribution in [3.63, 3.8) is 0 Å². The molecule has 7 aromatic carbocycles. The van der Waals surface area contributed by atoms with E-state index in [1.165, 1.54) is 33.0 Å². The highest BCUT2D eigenvalue weighted by Gasteiger charge is 2.23. The van der Waals surface area contributed by atoms with E-state index in [1.807, 2.05) is 60.7 Å². The molecule has 4 nitrogen and oxygen atoms in total. The van der Waals surface area contributed by atoms with Crippen LogP contribution in [-0.4, -0.2) is 15.0 Å². The number of hydrogen-bond acceptors (Lipinski definition) is 4. The second kappa shape index (κ2) is 10.1. The fraction of sp³-hybridized carbons (Fsp3) is 0. The summed E-state index contributed by atoms with van der Waals surface area (Å²) in [5, 5.41) is 4.73. The number of furan rings is 1. The van der Waals surface area contributed by atoms with Crippen molar-refractivity contribution in [1.82, 2.24) is 15.0 Å². The zero-order chi connectivity index (χ0) is 30.9. The third-order valence-corrected chi connectivity index (χ3v) is 9.29. The smallest absolute Gasteiger partial charge is 0.164 e. The van der Waals surface area contributed by atoms with Crippen LogP contribution in [0.3, 0.4) is 0 Å². The van der Waals surface area contributed by atoms with Crippen molar-refractivity contribution in [2.45, 2.75) is 0 Å². The van der Waals surface area contributed by atoms with Crippen molar-refractivity contribution in [2.75, 3.05) is 0 Å². The van der Waals surface area contributed by atoms with Crippen LogP contribution >= 0.6 is 0 Å². The fourth-order valence-electron chi connectivity index (χ4n) is 7.18. The van der Waals surface area contributed by atoms with Crippen LogP contribution in [0.25, 0.3) is 100 Å². The van der Waals surface area contributed by atoms with Crippen LogP contribution < -0.4 is 0 Å². The van der Waals surface area contributed by atoms with E-state index < -0.39 is 0 Å². The van der Waals surface area contributed by atoms with Gasteiger partial charge in [0.15, 0.2) is 17.5 Å². The normalized spacial score (nSPS) is 11.8. The molecule has 0 fully saturated rings. The van der Waals surface area contributed by atoms with E-state index in [-0.39, 0.29) is 0 Å². The quantitative estimate of drug-likeness (QED) is 0.202. The zero-order valence-corrected chi connectivity index (χ0v) is 25.2. The molecule has 0 atom stereocenters. The van der Waals surface area contributed by atoms with Gasteiger partial charge in [-0.15, -0.1) is 0 Å². The number of rotatable bonds is 4. The van der Waals surface area contributed by atoms with E-state index in [4.69, 9.17) is 19.4 Å². The number of nitrogens with zero attached hydrogens (tertiary/aromatic N) is 3. The van der Waals surface area contributed by atoms with E-state index >= 15 is 0 Å². The van der Waals surface area contributed by atoms with Gasteiger partial charge in [-0.3, -0.25) is 0 Å². The third-order valence-electron chi connectivity index (χ3n) is 9.29. The minimum Gasteiger partial charge on any atom is -0.456 e. The summed E-state index contributed by atoms with van der Waals surface area (Å²) in [4.78, 5) is 15.4. The highest BCUT2D eigenvalue weighted by molar-refractivity contribution is 6.16. The Labute approximate surface area is 270 Å². The lowest BCUT2D eigenvalue weighted by molar-refractivity contribution is 0.669. The zero-order valence-electron chi connectivity index (χ0n) is 25.2. The lowest BCUT2D eigenvalue weighted by Gasteiger charge is -2.13. The van der Waals surface area contributed by atoms with E-state index in [9.17, 15) is 0 Å². The molecule has 0 amide bonds. The average Bonchev–Trinajstić information content (AvgIpc) is 3.69. The topological polar surface area (TPSA) is 51.8 Å². The van der Waals surface area contributed by atoms with Gasteiger partial charge in [-0.05, 0) is 62.4 Å². The predicted octanol–water partition coefficient (Wildman–Crippen LogP) is 11.2. The van der Waals surface area contributed by atoms with E-state index in [2.05, 4.69) is 91.0 Å². The molecule has 1 aliphatic rings. The maximum atomic E-state index is 6.25. The Morgan fingerprint density at radius 3 is 1.74 bits per heavy atom. The van der Waals surface area contributed by atoms with Gasteiger partial charge in [-0.1, -0.05) is 133 Å². The van der Waals surface area contributed by atoms with Gasteiger partial charge in [0.05, 0.1) is 0 Å². The molecule has 9 aromatic rings. The Kier molecular flexibility index (Phi) is 5.54. The predicted molar refractivity (Wildman–Crippen MR) is 191 cm³/mol. The van der Waals surface area contributed by atoms with Crippen molar-refractivity contribution in [3.05, 3.63) is 152 Å². The summed E-state index contributed by atoms with van der Waals surface area (Å²) in [5.41, 5.74) is 11.6. The Morgan fingerprint density at radius 2 is 0.915 bits per heavy atom. The molecule has 0 unspecified atom stereocenters. The molecule has 1 aliphatic carbocycles. The Balaban J connectivity index is 1.19. The third kappa shape index (κ3) is 3.98. The number of fused-ring (bicyclic) bond motifs is 6. The van der Waals surface area contributed by atoms with E-state index in [0.29, 0.717) is 17.5 Å². The van der Waals surface area contributed by atoms with Crippen molar-refractivity contribution in [2.24, 2.45) is 0 Å². The molecule has 2 heterocycles. The lowest BCUT2D eigenvalue weighted by atomic mass is 9.95. The van der Waals surface area contributed by atoms with Gasteiger partial charge in [0.2, 0.25) is 0 Å². The van der Waals surface area contributed by atoms with Crippen LogP contribution in [-0.2, 0) is 0 Å². The summed E-state index contributed by atoms with van der Waals surface area (Å²) in [7, 11) is 0. The van der Waals surface area contributed by atoms with Crippen LogP contribution in [0.15, 0.2) is 156 Å². The molecule has 2 aromatic heterocycles. The van der Waals surface area contributed by atoms with E-state index in [1.54, 1.807) is 0 Å². The fourth-order valence-corrected chi connectivity index (χ4v) is 7.18. The molecule has 47 heavy (non-hydrogen) atoms. The van der Waals surface area contributed by atoms with Crippen LogP contribution in [0.4, 0.5) is 0 Å². The van der Waals surface area contributed by atoms with Gasteiger partial charge < -0.3 is 4.42 Å². The van der Waals surface area contributed by atoms with Gasteiger partial charge in [0.25, 0.3) is 0 Å². The molecule has 0 aliphatic heterocycles. The average molecular weight is 600 g/mol. The van der Waals surface area contributed by atoms with Gasteiger partial charge >= 0.3 is 0 Å². The molecule has 0 radical (unpaired) electrons. The maximum absolute atomic E-state index is 6.25. The second-order valence-electron chi connectivity index (χ2n) is 12.0. The highest BCUT2D eigenvalue weighted by atomic mass is 16.3. The number of hydrogen-bond donors (Lipinski definition) is 0. The van der Waals surface area contributed by atoms with Crippen LogP contribution in [0.2, 0.25) is 0 Å². The summed E-state index contributed by atoms with van der Waals surface area (Å²) in [6.07, 6.45) is 0. The summed E-state index contributed by atoms with van der Waals surface area (Å²) >= 11 is 0. The van der Waals surface area contributed by atoms with Crippen LogP contribution in [0.1, 0.15) is 0 Å². The van der Waals surface area contributed by atoms with Gasteiger partial charge in [-0.2, -0.15) is 0 Å². The molecule has 4 heteroatoms. The Hall–Kier alpha value is -6.39. The molecule has 0 saturated carbocycles. The first-order chi connectivity index (χ1) is 23.3. The monoisotopic (exact) mass is 599 g/mol. The first-order valence-corrected chi connectivity index (χ1v) is 15.8. The molecule has 0 N–H and O–H groups in total. The van der Waals surface area contributed by atoms with Gasteiger partial charge in [0, 0.05) is 27.5 Å². The maximum Gasteiger partial charge on any atom is 0.164 e. The molecule has 218 valence electrons. The second-order valence-corrected chi connectivity index (χ2v) is 12.0. The first kappa shape index (κ1) is 25.9. The summed E-state index contributed by atoms with van der Waals surface area (Å²) in [6, 6.07) is 52.6. The van der Waals surface area contributed by atoms with Crippen molar-refractivity contribution < 1.29 is 4.42 Å². The molecule has 10 rings (SSSR count). The standard InChI is InChI=1S/C43H25N3O/c1-2-11-27(12-3-1)41-44-42(28-23-24-30-31-18-8-13-26-14-9-19-33(39(26)31)36(30)25-28)46-43(45-41)34-16-5-4-15-29(34)32-20-10-22-38-40(32)35-17-6-7-21-37(35)47-38/h1-25H. The summed E-state index contributed by atoms with van der Waals surface area (Å²) < 4.78 is 6.25. The molecular formula is C43H25N3O. The molecule has 0 spiro atoms. The highest BCUT2D eigenvalue weighted by Crippen LogP contribution is 2.48. The van der Waals surface area contributed by atoms with Gasteiger partial charge in [0.1, 0.15) is 11.2 Å². The number of aromatic nitrogens is 3. The van der Waals surface area contributed by atoms with Crippen LogP contribution in [0.5, 0.6) is 0 Å². The van der Waals surface area contributed by atoms with Crippen LogP contribution in [0, 0.1) is 0 Å². The lowest BCUT2D eigenvalue weighted by Crippen LogP contribution is -2.01. The summed E-state index contributed by atoms with van der Waals surface area (Å²) in [5.74, 6) is 1.90. The van der Waals surface area contributed by atoms with E-state index in [0.717, 1.165) is 49.8 Å². The molecular weight excluding hydrogens is 574 g/mol. The largest absolute Gasteiger partial charge is 0.456 e. The van der Waals surface area contributed by atoms with Crippen molar-refractivity contribution >= 4 is 32.7 Å². The van der Waals surface area contributed by atoms with Crippen molar-refractivity contribution in [3.8, 4) is 67.5 Å². The SMILES string of the molecule is c1ccc(-c2nc(-c3ccc4c(c3)-c3cccc5cccc-4c35)nc(-c3ccccc3-c3cccc4oc5ccccc5c34)n2)cc1. The first-order valence-electron chi connectivity index (χ1n) is 15.8. The Bertz CT molecular complexity index is 2690. The summed E-state index contributed by atoms with van der Waals surface area (Å²) in [6.45, 7) is 0. The number of benzene rings is 7. The molecule has 0 saturated heterocycles.